The zero-order valence-corrected chi connectivity index (χ0v) is 20.4. The molecule has 2 N–H and O–H groups in total. The van der Waals surface area contributed by atoms with E-state index in [2.05, 4.69) is 31.4 Å². The molecule has 10 heteroatoms. The number of thioether (sulfide) groups is 1. The van der Waals surface area contributed by atoms with Crippen molar-refractivity contribution in [3.63, 3.8) is 0 Å². The molecule has 1 aliphatic rings. The number of aromatic nitrogens is 2. The molecule has 0 bridgehead atoms. The molecule has 1 aliphatic carbocycles. The molecule has 2 unspecified atom stereocenters. The lowest BCUT2D eigenvalue weighted by molar-refractivity contribution is -0.772. The molecule has 0 saturated heterocycles. The first kappa shape index (κ1) is 23.6. The molecule has 0 aromatic carbocycles. The number of aryl methyl sites for hydroxylation is 1. The number of thiophene rings is 1. The van der Waals surface area contributed by atoms with E-state index in [0.717, 1.165) is 41.5 Å². The Balaban J connectivity index is 1.86. The Hall–Kier alpha value is -2.07. The third-order valence-electron chi connectivity index (χ3n) is 5.62. The maximum absolute atomic E-state index is 12.9. The molecule has 0 fully saturated rings. The van der Waals surface area contributed by atoms with E-state index in [-0.39, 0.29) is 17.9 Å². The van der Waals surface area contributed by atoms with Crippen molar-refractivity contribution in [2.75, 3.05) is 11.9 Å². The summed E-state index contributed by atoms with van der Waals surface area (Å²) in [6.07, 6.45) is 2.68. The highest BCUT2D eigenvalue weighted by atomic mass is 32.2. The summed E-state index contributed by atoms with van der Waals surface area (Å²) >= 11 is 2.56. The van der Waals surface area contributed by atoms with Gasteiger partial charge in [0.05, 0.1) is 17.4 Å². The molecule has 2 aromatic rings. The van der Waals surface area contributed by atoms with Gasteiger partial charge in [-0.25, -0.2) is 9.59 Å². The predicted molar refractivity (Wildman–Crippen MR) is 120 cm³/mol. The third-order valence-corrected chi connectivity index (χ3v) is 8.02. The standard InChI is InChI=1S/C21H29N3O5S2/c1-7-28-19(26)15-13-9-8-12(21(3,4)5)10-14(13)31-17(15)22-16(25)11(2)30-18-20(27)29-23-24(18)6/h11-12H,7-10H2,1-6H3,(H-,22,23,25,26,27)/p+1. The number of anilines is 1. The van der Waals surface area contributed by atoms with Crippen LogP contribution in [0, 0.1) is 11.3 Å². The highest BCUT2D eigenvalue weighted by Gasteiger charge is 2.35. The normalized spacial score (nSPS) is 17.2. The Kier molecular flexibility index (Phi) is 7.00. The number of nitrogens with one attached hydrogen (secondary N) is 2. The minimum Gasteiger partial charge on any atom is -0.462 e. The summed E-state index contributed by atoms with van der Waals surface area (Å²) in [5.41, 5.74) is 1.12. The number of carbonyl (C=O) groups excluding carboxylic acids is 2. The smallest absolute Gasteiger partial charge is 0.441 e. The van der Waals surface area contributed by atoms with Gasteiger partial charge in [0.1, 0.15) is 5.00 Å². The van der Waals surface area contributed by atoms with E-state index in [1.807, 2.05) is 0 Å². The molecule has 0 aliphatic heterocycles. The SMILES string of the molecule is CCOC(=O)c1c(NC(=O)C(C)Sc2c(=O)o[nH][n+]2C)sc2c1CCC(C(C)(C)C)C2. The molecule has 31 heavy (non-hydrogen) atoms. The second kappa shape index (κ2) is 9.20. The highest BCUT2D eigenvalue weighted by molar-refractivity contribution is 8.00. The van der Waals surface area contributed by atoms with Gasteiger partial charge in [-0.1, -0.05) is 25.5 Å². The second-order valence-electron chi connectivity index (χ2n) is 8.83. The minimum absolute atomic E-state index is 0.174. The lowest BCUT2D eigenvalue weighted by Gasteiger charge is -2.33. The maximum atomic E-state index is 12.9. The summed E-state index contributed by atoms with van der Waals surface area (Å²) in [5.74, 6) is -0.177. The first-order chi connectivity index (χ1) is 14.5. The molecular weight excluding hydrogens is 438 g/mol. The Morgan fingerprint density at radius 2 is 2.13 bits per heavy atom. The molecule has 2 atom stereocenters. The molecule has 0 radical (unpaired) electrons. The number of amides is 1. The van der Waals surface area contributed by atoms with Crippen LogP contribution in [-0.4, -0.2) is 29.0 Å². The molecule has 0 saturated carbocycles. The van der Waals surface area contributed by atoms with Gasteiger partial charge in [-0.3, -0.25) is 9.32 Å². The third kappa shape index (κ3) is 5.06. The van der Waals surface area contributed by atoms with Crippen LogP contribution in [-0.2, 0) is 29.4 Å². The van der Waals surface area contributed by atoms with Gasteiger partial charge in [0, 0.05) is 4.88 Å². The fraction of sp³-hybridized carbons (Fsp3) is 0.619. The van der Waals surface area contributed by atoms with E-state index >= 15 is 0 Å². The topological polar surface area (TPSA) is 105 Å². The Morgan fingerprint density at radius 3 is 2.71 bits per heavy atom. The average molecular weight is 469 g/mol. The van der Waals surface area contributed by atoms with Gasteiger partial charge in [-0.15, -0.1) is 11.3 Å². The molecule has 0 spiro atoms. The number of carbonyl (C=O) groups is 2. The number of esters is 1. The zero-order chi connectivity index (χ0) is 22.9. The number of rotatable bonds is 6. The van der Waals surface area contributed by atoms with Crippen molar-refractivity contribution < 1.29 is 23.5 Å². The van der Waals surface area contributed by atoms with Crippen molar-refractivity contribution in [2.24, 2.45) is 18.4 Å². The van der Waals surface area contributed by atoms with Gasteiger partial charge in [-0.2, -0.15) is 0 Å². The Bertz CT molecular complexity index is 1030. The van der Waals surface area contributed by atoms with Crippen LogP contribution in [0.5, 0.6) is 0 Å². The number of fused-ring (bicyclic) bond motifs is 1. The van der Waals surface area contributed by atoms with Crippen molar-refractivity contribution in [3.05, 3.63) is 26.4 Å². The van der Waals surface area contributed by atoms with Crippen molar-refractivity contribution in [3.8, 4) is 0 Å². The summed E-state index contributed by atoms with van der Waals surface area (Å²) in [7, 11) is 1.63. The van der Waals surface area contributed by atoms with Crippen molar-refractivity contribution in [1.82, 2.24) is 5.27 Å². The fourth-order valence-electron chi connectivity index (χ4n) is 3.73. The van der Waals surface area contributed by atoms with E-state index in [1.54, 1.807) is 20.9 Å². The van der Waals surface area contributed by atoms with Crippen LogP contribution >= 0.6 is 23.1 Å². The van der Waals surface area contributed by atoms with Gasteiger partial charge in [0.25, 0.3) is 0 Å². The summed E-state index contributed by atoms with van der Waals surface area (Å²) in [5, 5.41) is 5.61. The van der Waals surface area contributed by atoms with Crippen molar-refractivity contribution in [1.29, 1.82) is 0 Å². The number of nitrogens with zero attached hydrogens (tertiary/aromatic N) is 1. The first-order valence-corrected chi connectivity index (χ1v) is 12.1. The van der Waals surface area contributed by atoms with E-state index in [4.69, 9.17) is 9.26 Å². The lowest BCUT2D eigenvalue weighted by atomic mass is 9.72. The number of hydrogen-bond donors (Lipinski definition) is 2. The molecule has 2 heterocycles. The molecule has 170 valence electrons. The summed E-state index contributed by atoms with van der Waals surface area (Å²) in [6.45, 7) is 10.5. The molecule has 1 amide bonds. The van der Waals surface area contributed by atoms with Crippen LogP contribution in [0.2, 0.25) is 0 Å². The highest BCUT2D eigenvalue weighted by Crippen LogP contribution is 2.44. The number of H-pyrrole nitrogens is 1. The van der Waals surface area contributed by atoms with Crippen LogP contribution in [0.25, 0.3) is 0 Å². The molecular formula is C21H30N3O5S2+. The van der Waals surface area contributed by atoms with E-state index in [1.165, 1.54) is 16.0 Å². The quantitative estimate of drug-likeness (QED) is 0.383. The number of aromatic amines is 1. The van der Waals surface area contributed by atoms with Gasteiger partial charge in [0.15, 0.2) is 7.05 Å². The largest absolute Gasteiger partial charge is 0.462 e. The van der Waals surface area contributed by atoms with Crippen LogP contribution in [0.1, 0.15) is 61.8 Å². The summed E-state index contributed by atoms with van der Waals surface area (Å²) in [4.78, 5) is 38.6. The molecule has 3 rings (SSSR count). The minimum atomic E-state index is -0.568. The van der Waals surface area contributed by atoms with Crippen LogP contribution < -0.4 is 15.6 Å². The first-order valence-electron chi connectivity index (χ1n) is 10.4. The zero-order valence-electron chi connectivity index (χ0n) is 18.8. The van der Waals surface area contributed by atoms with Crippen LogP contribution in [0.4, 0.5) is 5.00 Å². The predicted octanol–water partition coefficient (Wildman–Crippen LogP) is 3.30. The second-order valence-corrected chi connectivity index (χ2v) is 11.3. The van der Waals surface area contributed by atoms with Gasteiger partial charge in [0.2, 0.25) is 5.91 Å². The number of hydrogen-bond acceptors (Lipinski definition) is 7. The molecule has 8 nitrogen and oxygen atoms in total. The van der Waals surface area contributed by atoms with Gasteiger partial charge < -0.3 is 10.1 Å². The van der Waals surface area contributed by atoms with Crippen LogP contribution in [0.15, 0.2) is 14.3 Å². The van der Waals surface area contributed by atoms with E-state index in [9.17, 15) is 14.4 Å². The van der Waals surface area contributed by atoms with Crippen molar-refractivity contribution >= 4 is 40.0 Å². The monoisotopic (exact) mass is 468 g/mol. The van der Waals surface area contributed by atoms with Crippen LogP contribution in [0.3, 0.4) is 0 Å². The van der Waals surface area contributed by atoms with Gasteiger partial charge >= 0.3 is 16.6 Å². The Morgan fingerprint density at radius 1 is 1.42 bits per heavy atom. The lowest BCUT2D eigenvalue weighted by Crippen LogP contribution is -2.35. The van der Waals surface area contributed by atoms with Crippen molar-refractivity contribution in [2.45, 2.75) is 64.2 Å². The number of ether oxygens (including phenoxy) is 1. The summed E-state index contributed by atoms with van der Waals surface area (Å²) < 4.78 is 11.5. The van der Waals surface area contributed by atoms with E-state index in [0.29, 0.717) is 21.5 Å². The fourth-order valence-corrected chi connectivity index (χ4v) is 5.88. The average Bonchev–Trinajstić information content (AvgIpc) is 3.20. The van der Waals surface area contributed by atoms with Gasteiger partial charge in [-0.05, 0) is 67.0 Å². The Labute approximate surface area is 189 Å². The van der Waals surface area contributed by atoms with E-state index < -0.39 is 16.8 Å². The summed E-state index contributed by atoms with van der Waals surface area (Å²) in [6, 6.07) is 0. The molecule has 2 aromatic heterocycles. The maximum Gasteiger partial charge on any atom is 0.441 e.